The Labute approximate surface area is 94.5 Å². The van der Waals surface area contributed by atoms with Gasteiger partial charge < -0.3 is 9.30 Å². The third kappa shape index (κ3) is 1.90. The van der Waals surface area contributed by atoms with E-state index in [1.54, 1.807) is 13.3 Å². The van der Waals surface area contributed by atoms with Crippen LogP contribution in [0.25, 0.3) is 11.2 Å². The lowest BCUT2D eigenvalue weighted by atomic mass is 10.2. The Hall–Kier alpha value is -1.49. The van der Waals surface area contributed by atoms with E-state index in [0.29, 0.717) is 6.61 Å². The highest BCUT2D eigenvalue weighted by Gasteiger charge is 2.13. The minimum atomic E-state index is 0.282. The number of fused-ring (bicyclic) bond motifs is 1. The molecule has 86 valence electrons. The topological polar surface area (TPSA) is 52.8 Å². The molecule has 5 nitrogen and oxygen atoms in total. The van der Waals surface area contributed by atoms with Gasteiger partial charge in [0.15, 0.2) is 5.65 Å². The highest BCUT2D eigenvalue weighted by atomic mass is 16.5. The Morgan fingerprint density at radius 1 is 1.44 bits per heavy atom. The van der Waals surface area contributed by atoms with E-state index in [2.05, 4.69) is 26.4 Å². The van der Waals surface area contributed by atoms with Gasteiger partial charge in [0.05, 0.1) is 25.2 Å². The predicted molar refractivity (Wildman–Crippen MR) is 61.3 cm³/mol. The molecule has 0 spiro atoms. The second-order valence-electron chi connectivity index (χ2n) is 3.80. The van der Waals surface area contributed by atoms with Crippen LogP contribution in [0.15, 0.2) is 12.5 Å². The van der Waals surface area contributed by atoms with Gasteiger partial charge in [0, 0.05) is 7.11 Å². The first-order valence-corrected chi connectivity index (χ1v) is 5.41. The summed E-state index contributed by atoms with van der Waals surface area (Å²) in [6, 6.07) is 0.282. The Morgan fingerprint density at radius 3 is 2.94 bits per heavy atom. The van der Waals surface area contributed by atoms with Crippen LogP contribution in [0, 0.1) is 6.92 Å². The molecule has 0 saturated heterocycles. The molecule has 1 atom stereocenters. The third-order valence-electron chi connectivity index (χ3n) is 2.66. The van der Waals surface area contributed by atoms with Crippen LogP contribution < -0.4 is 0 Å². The summed E-state index contributed by atoms with van der Waals surface area (Å²) in [6.07, 6.45) is 4.56. The third-order valence-corrected chi connectivity index (χ3v) is 2.66. The van der Waals surface area contributed by atoms with Crippen molar-refractivity contribution in [2.24, 2.45) is 0 Å². The molecule has 0 N–H and O–H groups in total. The molecule has 0 amide bonds. The average molecular weight is 220 g/mol. The molecule has 5 heteroatoms. The van der Waals surface area contributed by atoms with Gasteiger partial charge >= 0.3 is 0 Å². The van der Waals surface area contributed by atoms with E-state index in [4.69, 9.17) is 4.74 Å². The van der Waals surface area contributed by atoms with E-state index in [-0.39, 0.29) is 6.04 Å². The lowest BCUT2D eigenvalue weighted by Gasteiger charge is -2.15. The van der Waals surface area contributed by atoms with Crippen LogP contribution in [-0.4, -0.2) is 33.2 Å². The van der Waals surface area contributed by atoms with Gasteiger partial charge in [-0.1, -0.05) is 6.92 Å². The molecule has 0 saturated carbocycles. The molecule has 0 aliphatic rings. The van der Waals surface area contributed by atoms with Gasteiger partial charge in [0.25, 0.3) is 0 Å². The van der Waals surface area contributed by atoms with Crippen LogP contribution in [0.2, 0.25) is 0 Å². The Kier molecular flexibility index (Phi) is 3.14. The summed E-state index contributed by atoms with van der Waals surface area (Å²) in [6.45, 7) is 4.68. The molecule has 1 unspecified atom stereocenters. The van der Waals surface area contributed by atoms with E-state index in [1.165, 1.54) is 0 Å². The molecule has 0 radical (unpaired) electrons. The largest absolute Gasteiger partial charge is 0.383 e. The summed E-state index contributed by atoms with van der Waals surface area (Å²) in [5.41, 5.74) is 1.72. The van der Waals surface area contributed by atoms with Gasteiger partial charge in [0.2, 0.25) is 0 Å². The van der Waals surface area contributed by atoms with Gasteiger partial charge in [-0.25, -0.2) is 15.0 Å². The molecule has 0 aliphatic carbocycles. The summed E-state index contributed by atoms with van der Waals surface area (Å²) < 4.78 is 7.27. The second kappa shape index (κ2) is 4.57. The molecule has 2 rings (SSSR count). The molecule has 2 heterocycles. The first kappa shape index (κ1) is 11.0. The van der Waals surface area contributed by atoms with Crippen LogP contribution in [0.5, 0.6) is 0 Å². The van der Waals surface area contributed by atoms with E-state index in [1.807, 2.05) is 13.3 Å². The summed E-state index contributed by atoms with van der Waals surface area (Å²) in [7, 11) is 1.71. The smallest absolute Gasteiger partial charge is 0.163 e. The molecule has 16 heavy (non-hydrogen) atoms. The van der Waals surface area contributed by atoms with Gasteiger partial charge in [-0.05, 0) is 13.3 Å². The maximum atomic E-state index is 5.21. The first-order valence-electron chi connectivity index (χ1n) is 5.41. The fourth-order valence-corrected chi connectivity index (χ4v) is 1.77. The number of imidazole rings is 1. The van der Waals surface area contributed by atoms with Gasteiger partial charge in [-0.3, -0.25) is 0 Å². The van der Waals surface area contributed by atoms with Crippen LogP contribution in [-0.2, 0) is 4.74 Å². The normalized spacial score (nSPS) is 13.2. The number of nitrogens with zero attached hydrogens (tertiary/aromatic N) is 4. The van der Waals surface area contributed by atoms with Gasteiger partial charge in [0.1, 0.15) is 11.3 Å². The zero-order valence-corrected chi connectivity index (χ0v) is 9.84. The molecular weight excluding hydrogens is 204 g/mol. The van der Waals surface area contributed by atoms with E-state index in [0.717, 1.165) is 23.4 Å². The number of ether oxygens (including phenoxy) is 1. The molecule has 2 aromatic heterocycles. The van der Waals surface area contributed by atoms with Crippen LogP contribution >= 0.6 is 0 Å². The van der Waals surface area contributed by atoms with Crippen LogP contribution in [0.3, 0.4) is 0 Å². The number of methoxy groups -OCH3 is 1. The van der Waals surface area contributed by atoms with Crippen molar-refractivity contribution in [3.8, 4) is 0 Å². The monoisotopic (exact) mass is 220 g/mol. The average Bonchev–Trinajstić information content (AvgIpc) is 2.69. The molecule has 0 aliphatic heterocycles. The maximum Gasteiger partial charge on any atom is 0.163 e. The minimum Gasteiger partial charge on any atom is -0.383 e. The first-order chi connectivity index (χ1) is 7.76. The lowest BCUT2D eigenvalue weighted by molar-refractivity contribution is 0.154. The standard InChI is InChI=1S/C11H16N4O/c1-4-9(6-16-3)15-7-13-10-5-12-8(2)14-11(10)15/h5,7,9H,4,6H2,1-3H3. The number of hydrogen-bond donors (Lipinski definition) is 0. The number of hydrogen-bond acceptors (Lipinski definition) is 4. The predicted octanol–water partition coefficient (Wildman–Crippen LogP) is 1.73. The maximum absolute atomic E-state index is 5.21. The lowest BCUT2D eigenvalue weighted by Crippen LogP contribution is -2.13. The molecule has 0 aromatic carbocycles. The van der Waals surface area contributed by atoms with Crippen LogP contribution in [0.1, 0.15) is 25.2 Å². The fraction of sp³-hybridized carbons (Fsp3) is 0.545. The Bertz CT molecular complexity index is 480. The molecule has 2 aromatic rings. The van der Waals surface area contributed by atoms with Crippen molar-refractivity contribution in [2.75, 3.05) is 13.7 Å². The van der Waals surface area contributed by atoms with Gasteiger partial charge in [-0.2, -0.15) is 0 Å². The van der Waals surface area contributed by atoms with Gasteiger partial charge in [-0.15, -0.1) is 0 Å². The highest BCUT2D eigenvalue weighted by Crippen LogP contribution is 2.18. The number of aromatic nitrogens is 4. The van der Waals surface area contributed by atoms with Crippen molar-refractivity contribution in [1.82, 2.24) is 19.5 Å². The van der Waals surface area contributed by atoms with Crippen molar-refractivity contribution in [1.29, 1.82) is 0 Å². The fourth-order valence-electron chi connectivity index (χ4n) is 1.77. The Morgan fingerprint density at radius 2 is 2.25 bits per heavy atom. The van der Waals surface area contributed by atoms with Crippen molar-refractivity contribution < 1.29 is 4.74 Å². The Balaban J connectivity index is 2.46. The van der Waals surface area contributed by atoms with Crippen molar-refractivity contribution >= 4 is 11.2 Å². The molecular formula is C11H16N4O. The number of aryl methyl sites for hydroxylation is 1. The second-order valence-corrected chi connectivity index (χ2v) is 3.80. The van der Waals surface area contributed by atoms with Crippen LogP contribution in [0.4, 0.5) is 0 Å². The van der Waals surface area contributed by atoms with Crippen molar-refractivity contribution in [3.63, 3.8) is 0 Å². The van der Waals surface area contributed by atoms with E-state index >= 15 is 0 Å². The summed E-state index contributed by atoms with van der Waals surface area (Å²) in [5, 5.41) is 0. The van der Waals surface area contributed by atoms with E-state index in [9.17, 15) is 0 Å². The quantitative estimate of drug-likeness (QED) is 0.787. The van der Waals surface area contributed by atoms with Crippen molar-refractivity contribution in [3.05, 3.63) is 18.3 Å². The van der Waals surface area contributed by atoms with E-state index < -0.39 is 0 Å². The SMILES string of the molecule is CCC(COC)n1cnc2cnc(C)nc21. The number of rotatable bonds is 4. The summed E-state index contributed by atoms with van der Waals surface area (Å²) in [5.74, 6) is 0.765. The zero-order chi connectivity index (χ0) is 11.5. The zero-order valence-electron chi connectivity index (χ0n) is 9.84. The highest BCUT2D eigenvalue weighted by molar-refractivity contribution is 5.69. The van der Waals surface area contributed by atoms with Crippen molar-refractivity contribution in [2.45, 2.75) is 26.3 Å². The molecule has 0 bridgehead atoms. The minimum absolute atomic E-state index is 0.282. The summed E-state index contributed by atoms with van der Waals surface area (Å²) >= 11 is 0. The molecule has 0 fully saturated rings. The summed E-state index contributed by atoms with van der Waals surface area (Å²) in [4.78, 5) is 12.8.